The number of nitrogens with zero attached hydrogens (tertiary/aromatic N) is 1. The third kappa shape index (κ3) is 3.58. The van der Waals surface area contributed by atoms with Gasteiger partial charge >= 0.3 is 6.03 Å². The van der Waals surface area contributed by atoms with Gasteiger partial charge < -0.3 is 10.6 Å². The van der Waals surface area contributed by atoms with E-state index in [1.165, 1.54) is 11.1 Å². The maximum absolute atomic E-state index is 12.4. The zero-order valence-electron chi connectivity index (χ0n) is 14.5. The van der Waals surface area contributed by atoms with Crippen LogP contribution in [-0.2, 0) is 16.0 Å². The lowest BCUT2D eigenvalue weighted by atomic mass is 9.93. The fourth-order valence-electron chi connectivity index (χ4n) is 2.98. The molecule has 24 heavy (non-hydrogen) atoms. The Kier molecular flexibility index (Phi) is 5.59. The highest BCUT2D eigenvalue weighted by Crippen LogP contribution is 2.24. The fraction of sp³-hybridized carbons (Fsp3) is 0.500. The van der Waals surface area contributed by atoms with Crippen LogP contribution in [0.3, 0.4) is 0 Å². The fourth-order valence-corrected chi connectivity index (χ4v) is 2.98. The average Bonchev–Trinajstić information content (AvgIpc) is 2.81. The molecule has 130 valence electrons. The first-order valence-corrected chi connectivity index (χ1v) is 8.39. The number of nitrogens with one attached hydrogen (secondary N) is 2. The molecule has 1 aromatic carbocycles. The van der Waals surface area contributed by atoms with Gasteiger partial charge in [-0.1, -0.05) is 38.1 Å². The Morgan fingerprint density at radius 3 is 2.46 bits per heavy atom. The lowest BCUT2D eigenvalue weighted by molar-refractivity contribution is -0.135. The minimum Gasteiger partial charge on any atom is -0.354 e. The molecular formula is C18H25N3O3. The molecule has 6 heteroatoms. The van der Waals surface area contributed by atoms with Crippen LogP contribution in [0.4, 0.5) is 4.79 Å². The lowest BCUT2D eigenvalue weighted by Gasteiger charge is -2.23. The number of hydrogen-bond acceptors (Lipinski definition) is 3. The van der Waals surface area contributed by atoms with Crippen molar-refractivity contribution in [3.05, 3.63) is 35.4 Å². The predicted octanol–water partition coefficient (Wildman–Crippen LogP) is 1.76. The normalized spacial score (nSPS) is 16.2. The Hall–Kier alpha value is -2.37. The molecule has 0 aliphatic carbocycles. The topological polar surface area (TPSA) is 78.5 Å². The molecule has 1 aliphatic heterocycles. The quantitative estimate of drug-likeness (QED) is 0.747. The summed E-state index contributed by atoms with van der Waals surface area (Å²) in [5.41, 5.74) is 1.48. The highest BCUT2D eigenvalue weighted by molar-refractivity contribution is 6.08. The number of aryl methyl sites for hydroxylation is 1. The van der Waals surface area contributed by atoms with Crippen LogP contribution in [0.2, 0.25) is 0 Å². The van der Waals surface area contributed by atoms with Crippen molar-refractivity contribution in [3.8, 4) is 0 Å². The molecule has 4 amide bonds. The van der Waals surface area contributed by atoms with E-state index in [1.54, 1.807) is 0 Å². The molecular weight excluding hydrogens is 306 g/mol. The highest BCUT2D eigenvalue weighted by Gasteiger charge is 2.49. The van der Waals surface area contributed by atoms with E-state index in [-0.39, 0.29) is 18.4 Å². The summed E-state index contributed by atoms with van der Waals surface area (Å²) in [7, 11) is 0. The molecule has 1 aromatic rings. The van der Waals surface area contributed by atoms with Gasteiger partial charge in [0, 0.05) is 6.54 Å². The van der Waals surface area contributed by atoms with E-state index in [9.17, 15) is 14.4 Å². The second kappa shape index (κ2) is 7.47. The molecule has 1 fully saturated rings. The molecule has 0 saturated carbocycles. The molecule has 6 nitrogen and oxygen atoms in total. The van der Waals surface area contributed by atoms with E-state index in [2.05, 4.69) is 10.6 Å². The summed E-state index contributed by atoms with van der Waals surface area (Å²) in [6.07, 6.45) is 1.74. The van der Waals surface area contributed by atoms with Gasteiger partial charge in [-0.25, -0.2) is 4.79 Å². The van der Waals surface area contributed by atoms with Gasteiger partial charge in [-0.15, -0.1) is 0 Å². The van der Waals surface area contributed by atoms with Crippen LogP contribution < -0.4 is 10.6 Å². The second-order valence-electron chi connectivity index (χ2n) is 6.14. The highest BCUT2D eigenvalue weighted by atomic mass is 16.2. The van der Waals surface area contributed by atoms with Crippen molar-refractivity contribution in [1.82, 2.24) is 15.5 Å². The summed E-state index contributed by atoms with van der Waals surface area (Å²) in [6, 6.07) is 7.50. The Labute approximate surface area is 142 Å². The van der Waals surface area contributed by atoms with Crippen molar-refractivity contribution in [2.75, 3.05) is 13.1 Å². The van der Waals surface area contributed by atoms with Crippen molar-refractivity contribution >= 4 is 17.8 Å². The third-order valence-electron chi connectivity index (χ3n) is 4.73. The van der Waals surface area contributed by atoms with Crippen molar-refractivity contribution < 1.29 is 14.4 Å². The number of amides is 4. The van der Waals surface area contributed by atoms with Crippen LogP contribution in [0.5, 0.6) is 0 Å². The van der Waals surface area contributed by atoms with Crippen LogP contribution in [-0.4, -0.2) is 41.4 Å². The molecule has 0 bridgehead atoms. The van der Waals surface area contributed by atoms with E-state index < -0.39 is 11.6 Å². The number of imide groups is 1. The SMILES string of the molecule is CCC1(CC)NC(=O)N(CC(=O)NCCc2ccccc2C)C1=O. The zero-order chi connectivity index (χ0) is 17.7. The van der Waals surface area contributed by atoms with E-state index >= 15 is 0 Å². The van der Waals surface area contributed by atoms with Crippen molar-refractivity contribution in [3.63, 3.8) is 0 Å². The number of carbonyl (C=O) groups excluding carboxylic acids is 3. The van der Waals surface area contributed by atoms with E-state index in [0.29, 0.717) is 25.8 Å². The first kappa shape index (κ1) is 18.0. The summed E-state index contributed by atoms with van der Waals surface area (Å²) in [6.45, 7) is 5.97. The average molecular weight is 331 g/mol. The second-order valence-corrected chi connectivity index (χ2v) is 6.14. The predicted molar refractivity (Wildman–Crippen MR) is 91.5 cm³/mol. The lowest BCUT2D eigenvalue weighted by Crippen LogP contribution is -2.46. The number of hydrogen-bond donors (Lipinski definition) is 2. The first-order chi connectivity index (χ1) is 11.4. The maximum Gasteiger partial charge on any atom is 0.325 e. The monoisotopic (exact) mass is 331 g/mol. The van der Waals surface area contributed by atoms with E-state index in [0.717, 1.165) is 4.90 Å². The summed E-state index contributed by atoms with van der Waals surface area (Å²) >= 11 is 0. The van der Waals surface area contributed by atoms with Crippen LogP contribution in [0.1, 0.15) is 37.8 Å². The van der Waals surface area contributed by atoms with Gasteiger partial charge in [0.05, 0.1) is 0 Å². The Balaban J connectivity index is 1.87. The number of urea groups is 1. The van der Waals surface area contributed by atoms with Crippen molar-refractivity contribution in [2.24, 2.45) is 0 Å². The Bertz CT molecular complexity index is 638. The van der Waals surface area contributed by atoms with Crippen molar-refractivity contribution in [2.45, 2.75) is 45.6 Å². The summed E-state index contributed by atoms with van der Waals surface area (Å²) in [5, 5.41) is 5.50. The van der Waals surface area contributed by atoms with Crippen molar-refractivity contribution in [1.29, 1.82) is 0 Å². The van der Waals surface area contributed by atoms with Crippen LogP contribution in [0.25, 0.3) is 0 Å². The molecule has 1 heterocycles. The van der Waals surface area contributed by atoms with E-state index in [4.69, 9.17) is 0 Å². The van der Waals surface area contributed by atoms with Gasteiger partial charge in [0.15, 0.2) is 0 Å². The van der Waals surface area contributed by atoms with Gasteiger partial charge in [-0.2, -0.15) is 0 Å². The van der Waals surface area contributed by atoms with Crippen LogP contribution in [0.15, 0.2) is 24.3 Å². The standard InChI is InChI=1S/C18H25N3O3/c1-4-18(5-2)16(23)21(17(24)20-18)12-15(22)19-11-10-14-9-7-6-8-13(14)3/h6-9H,4-5,10-12H2,1-3H3,(H,19,22)(H,20,24). The van der Waals surface area contributed by atoms with Gasteiger partial charge in [-0.05, 0) is 37.3 Å². The molecule has 2 N–H and O–H groups in total. The molecule has 0 atom stereocenters. The van der Waals surface area contributed by atoms with E-state index in [1.807, 2.05) is 45.0 Å². The summed E-state index contributed by atoms with van der Waals surface area (Å²) in [4.78, 5) is 37.5. The molecule has 0 aromatic heterocycles. The third-order valence-corrected chi connectivity index (χ3v) is 4.73. The number of rotatable bonds is 7. The van der Waals surface area contributed by atoms with Crippen LogP contribution in [0, 0.1) is 6.92 Å². The molecule has 1 saturated heterocycles. The van der Waals surface area contributed by atoms with Gasteiger partial charge in [0.2, 0.25) is 5.91 Å². The van der Waals surface area contributed by atoms with Gasteiger partial charge in [0.25, 0.3) is 5.91 Å². The molecule has 2 rings (SSSR count). The number of carbonyl (C=O) groups is 3. The van der Waals surface area contributed by atoms with Gasteiger partial charge in [0.1, 0.15) is 12.1 Å². The zero-order valence-corrected chi connectivity index (χ0v) is 14.5. The summed E-state index contributed by atoms with van der Waals surface area (Å²) in [5.74, 6) is -0.637. The van der Waals surface area contributed by atoms with Gasteiger partial charge in [-0.3, -0.25) is 14.5 Å². The minimum atomic E-state index is -0.863. The largest absolute Gasteiger partial charge is 0.354 e. The molecule has 0 unspecified atom stereocenters. The van der Waals surface area contributed by atoms with Crippen LogP contribution >= 0.6 is 0 Å². The first-order valence-electron chi connectivity index (χ1n) is 8.39. The Morgan fingerprint density at radius 2 is 1.88 bits per heavy atom. The maximum atomic E-state index is 12.4. The number of benzene rings is 1. The molecule has 0 radical (unpaired) electrons. The Morgan fingerprint density at radius 1 is 1.21 bits per heavy atom. The smallest absolute Gasteiger partial charge is 0.325 e. The summed E-state index contributed by atoms with van der Waals surface area (Å²) < 4.78 is 0. The minimum absolute atomic E-state index is 0.236. The molecule has 0 spiro atoms. The molecule has 1 aliphatic rings.